The summed E-state index contributed by atoms with van der Waals surface area (Å²) < 4.78 is 5.49. The smallest absolute Gasteiger partial charge is 0.272 e. The summed E-state index contributed by atoms with van der Waals surface area (Å²) in [6.07, 6.45) is 3.43. The lowest BCUT2D eigenvalue weighted by Crippen LogP contribution is -2.52. The van der Waals surface area contributed by atoms with Gasteiger partial charge >= 0.3 is 0 Å². The topological polar surface area (TPSA) is 90.6 Å². The predicted octanol–water partition coefficient (Wildman–Crippen LogP) is 4.02. The van der Waals surface area contributed by atoms with Crippen LogP contribution in [0, 0.1) is 6.92 Å². The Balaban J connectivity index is 1.47. The van der Waals surface area contributed by atoms with Crippen molar-refractivity contribution in [3.8, 4) is 0 Å². The van der Waals surface area contributed by atoms with Gasteiger partial charge in [-0.15, -0.1) is 0 Å². The van der Waals surface area contributed by atoms with Gasteiger partial charge in [0.2, 0.25) is 0 Å². The molecule has 34 heavy (non-hydrogen) atoms. The van der Waals surface area contributed by atoms with E-state index in [2.05, 4.69) is 15.3 Å². The number of rotatable bonds is 5. The van der Waals surface area contributed by atoms with Crippen molar-refractivity contribution in [3.63, 3.8) is 0 Å². The minimum absolute atomic E-state index is 0.153. The fraction of sp³-hybridized carbons (Fsp3) is 0.192. The van der Waals surface area contributed by atoms with E-state index in [4.69, 9.17) is 4.74 Å². The third-order valence-corrected chi connectivity index (χ3v) is 5.85. The number of nitrogens with zero attached hydrogens (tertiary/aromatic N) is 3. The standard InChI is InChI=1S/C26H25N5O3/c1-18-7-8-22(16-23(18)25(32)29-21-15-20-9-10-27-24(20)28-17-21)31(30-11-13-34-14-12-30)26(33)19-5-3-2-4-6-19/h2-10,15-17H,11-14H2,1H3,(H,27,28)(H,29,32). The molecule has 1 fully saturated rings. The first kappa shape index (κ1) is 21.8. The monoisotopic (exact) mass is 455 g/mol. The highest BCUT2D eigenvalue weighted by Crippen LogP contribution is 2.25. The lowest BCUT2D eigenvalue weighted by Gasteiger charge is -2.37. The van der Waals surface area contributed by atoms with Gasteiger partial charge in [0, 0.05) is 35.8 Å². The molecule has 0 spiro atoms. The molecule has 0 aliphatic carbocycles. The quantitative estimate of drug-likeness (QED) is 0.474. The van der Waals surface area contributed by atoms with Gasteiger partial charge in [0.1, 0.15) is 5.65 Å². The second kappa shape index (κ2) is 9.46. The molecule has 2 aromatic carbocycles. The number of fused-ring (bicyclic) bond motifs is 1. The number of morpholine rings is 1. The molecular formula is C26H25N5O3. The second-order valence-corrected chi connectivity index (χ2v) is 8.14. The molecule has 1 aliphatic heterocycles. The fourth-order valence-electron chi connectivity index (χ4n) is 4.06. The first-order valence-corrected chi connectivity index (χ1v) is 11.2. The molecule has 2 aromatic heterocycles. The minimum atomic E-state index is -0.259. The van der Waals surface area contributed by atoms with Gasteiger partial charge in [0.15, 0.2) is 0 Å². The van der Waals surface area contributed by atoms with E-state index < -0.39 is 0 Å². The van der Waals surface area contributed by atoms with Crippen LogP contribution in [0.1, 0.15) is 26.3 Å². The van der Waals surface area contributed by atoms with Gasteiger partial charge in [0.05, 0.1) is 30.8 Å². The second-order valence-electron chi connectivity index (χ2n) is 8.14. The number of aromatic amines is 1. The van der Waals surface area contributed by atoms with E-state index in [0.29, 0.717) is 48.8 Å². The lowest BCUT2D eigenvalue weighted by atomic mass is 10.1. The molecule has 2 N–H and O–H groups in total. The average Bonchev–Trinajstić information content (AvgIpc) is 3.34. The number of aromatic nitrogens is 2. The van der Waals surface area contributed by atoms with E-state index in [-0.39, 0.29) is 11.8 Å². The Bertz CT molecular complexity index is 1330. The van der Waals surface area contributed by atoms with Crippen LogP contribution in [0.5, 0.6) is 0 Å². The van der Waals surface area contributed by atoms with Crippen molar-refractivity contribution < 1.29 is 14.3 Å². The van der Waals surface area contributed by atoms with Crippen LogP contribution >= 0.6 is 0 Å². The summed E-state index contributed by atoms with van der Waals surface area (Å²) in [5, 5.41) is 7.47. The van der Waals surface area contributed by atoms with Crippen LogP contribution in [0.25, 0.3) is 11.0 Å². The van der Waals surface area contributed by atoms with E-state index in [1.165, 1.54) is 0 Å². The van der Waals surface area contributed by atoms with Crippen molar-refractivity contribution in [2.24, 2.45) is 0 Å². The highest BCUT2D eigenvalue weighted by atomic mass is 16.5. The van der Waals surface area contributed by atoms with Crippen molar-refractivity contribution in [2.45, 2.75) is 6.92 Å². The van der Waals surface area contributed by atoms with Crippen molar-refractivity contribution >= 4 is 34.2 Å². The van der Waals surface area contributed by atoms with Crippen LogP contribution in [0.15, 0.2) is 73.1 Å². The molecule has 0 atom stereocenters. The molecule has 0 bridgehead atoms. The third-order valence-electron chi connectivity index (χ3n) is 5.85. The third kappa shape index (κ3) is 4.41. The van der Waals surface area contributed by atoms with Crippen molar-refractivity contribution in [1.29, 1.82) is 0 Å². The molecule has 172 valence electrons. The molecule has 3 heterocycles. The average molecular weight is 456 g/mol. The van der Waals surface area contributed by atoms with Gasteiger partial charge in [-0.25, -0.2) is 15.0 Å². The summed E-state index contributed by atoms with van der Waals surface area (Å²) in [6.45, 7) is 4.11. The van der Waals surface area contributed by atoms with E-state index in [0.717, 1.165) is 16.6 Å². The van der Waals surface area contributed by atoms with E-state index in [9.17, 15) is 9.59 Å². The number of pyridine rings is 1. The maximum absolute atomic E-state index is 13.5. The number of ether oxygens (including phenoxy) is 1. The summed E-state index contributed by atoms with van der Waals surface area (Å²) in [6, 6.07) is 18.4. The van der Waals surface area contributed by atoms with Crippen molar-refractivity contribution in [1.82, 2.24) is 15.0 Å². The number of amides is 2. The van der Waals surface area contributed by atoms with E-state index in [1.54, 1.807) is 35.6 Å². The molecule has 4 aromatic rings. The van der Waals surface area contributed by atoms with Crippen LogP contribution in [0.2, 0.25) is 0 Å². The SMILES string of the molecule is Cc1ccc(N(C(=O)c2ccccc2)N2CCOCC2)cc1C(=O)Nc1cnc2[nH]ccc2c1. The summed E-state index contributed by atoms with van der Waals surface area (Å²) in [5.41, 5.74) is 3.87. The molecule has 1 aliphatic rings. The lowest BCUT2D eigenvalue weighted by molar-refractivity contribution is 0.0300. The van der Waals surface area contributed by atoms with E-state index >= 15 is 0 Å². The van der Waals surface area contributed by atoms with Crippen LogP contribution in [0.3, 0.4) is 0 Å². The van der Waals surface area contributed by atoms with Crippen LogP contribution in [-0.4, -0.2) is 53.1 Å². The molecule has 2 amide bonds. The summed E-state index contributed by atoms with van der Waals surface area (Å²) in [5.74, 6) is -0.412. The molecule has 0 radical (unpaired) electrons. The number of H-pyrrole nitrogens is 1. The zero-order valence-corrected chi connectivity index (χ0v) is 18.8. The molecule has 1 saturated heterocycles. The highest BCUT2D eigenvalue weighted by Gasteiger charge is 2.27. The first-order valence-electron chi connectivity index (χ1n) is 11.2. The van der Waals surface area contributed by atoms with Crippen LogP contribution in [0.4, 0.5) is 11.4 Å². The number of carbonyl (C=O) groups excluding carboxylic acids is 2. The van der Waals surface area contributed by atoms with Crippen LogP contribution in [-0.2, 0) is 4.74 Å². The predicted molar refractivity (Wildman–Crippen MR) is 131 cm³/mol. The zero-order valence-electron chi connectivity index (χ0n) is 18.8. The molecule has 0 unspecified atom stereocenters. The number of aryl methyl sites for hydroxylation is 1. The van der Waals surface area contributed by atoms with Gasteiger partial charge in [0.25, 0.3) is 11.8 Å². The normalized spacial score (nSPS) is 14.1. The maximum atomic E-state index is 13.5. The van der Waals surface area contributed by atoms with Gasteiger partial charge in [-0.05, 0) is 48.9 Å². The highest BCUT2D eigenvalue weighted by molar-refractivity contribution is 6.09. The first-order chi connectivity index (χ1) is 16.6. The number of hydrogen-bond acceptors (Lipinski definition) is 5. The summed E-state index contributed by atoms with van der Waals surface area (Å²) in [7, 11) is 0. The zero-order chi connectivity index (χ0) is 23.5. The molecular weight excluding hydrogens is 430 g/mol. The molecule has 8 heteroatoms. The number of anilines is 2. The Morgan fingerprint density at radius 3 is 2.65 bits per heavy atom. The van der Waals surface area contributed by atoms with Crippen LogP contribution < -0.4 is 10.3 Å². The summed E-state index contributed by atoms with van der Waals surface area (Å²) in [4.78, 5) is 34.1. The Hall–Kier alpha value is -4.01. The number of nitrogens with one attached hydrogen (secondary N) is 2. The number of benzene rings is 2. The Morgan fingerprint density at radius 2 is 1.85 bits per heavy atom. The maximum Gasteiger partial charge on any atom is 0.272 e. The number of hydrazine groups is 1. The van der Waals surface area contributed by atoms with Crippen molar-refractivity contribution in [2.75, 3.05) is 36.6 Å². The molecule has 5 rings (SSSR count). The molecule has 8 nitrogen and oxygen atoms in total. The fourth-order valence-corrected chi connectivity index (χ4v) is 4.06. The van der Waals surface area contributed by atoms with Gasteiger partial charge in [-0.3, -0.25) is 9.59 Å². The summed E-state index contributed by atoms with van der Waals surface area (Å²) >= 11 is 0. The van der Waals surface area contributed by atoms with Gasteiger partial charge < -0.3 is 15.0 Å². The van der Waals surface area contributed by atoms with E-state index in [1.807, 2.05) is 54.4 Å². The Kier molecular flexibility index (Phi) is 6.07. The number of carbonyl (C=O) groups is 2. The van der Waals surface area contributed by atoms with Gasteiger partial charge in [-0.2, -0.15) is 0 Å². The van der Waals surface area contributed by atoms with Gasteiger partial charge in [-0.1, -0.05) is 24.3 Å². The minimum Gasteiger partial charge on any atom is -0.379 e. The molecule has 0 saturated carbocycles. The van der Waals surface area contributed by atoms with Crippen molar-refractivity contribution in [3.05, 3.63) is 89.7 Å². The largest absolute Gasteiger partial charge is 0.379 e. The Morgan fingerprint density at radius 1 is 1.06 bits per heavy atom. The number of hydrogen-bond donors (Lipinski definition) is 2. The Labute approximate surface area is 197 Å².